The second-order valence-electron chi connectivity index (χ2n) is 6.82. The Morgan fingerprint density at radius 2 is 1.83 bits per heavy atom. The van der Waals surface area contributed by atoms with Crippen LogP contribution in [0.4, 0.5) is 4.39 Å². The van der Waals surface area contributed by atoms with Crippen molar-refractivity contribution in [2.24, 2.45) is 0 Å². The minimum absolute atomic E-state index is 0.0735. The van der Waals surface area contributed by atoms with Crippen LogP contribution in [0.25, 0.3) is 0 Å². The van der Waals surface area contributed by atoms with Gasteiger partial charge in [0.1, 0.15) is 17.6 Å². The second-order valence-corrected chi connectivity index (χ2v) is 7.66. The number of hydrogen-bond donors (Lipinski definition) is 1. The maximum Gasteiger partial charge on any atom is 0.261 e. The van der Waals surface area contributed by atoms with E-state index in [9.17, 15) is 14.0 Å². The number of rotatable bonds is 8. The van der Waals surface area contributed by atoms with E-state index in [0.29, 0.717) is 10.6 Å². The number of carbonyl (C=O) groups is 2. The first-order valence-electron chi connectivity index (χ1n) is 9.10. The molecule has 0 aliphatic rings. The number of hydrogen-bond acceptors (Lipinski definition) is 3. The summed E-state index contributed by atoms with van der Waals surface area (Å²) in [6.45, 7) is 4.79. The highest BCUT2D eigenvalue weighted by Crippen LogP contribution is 2.27. The summed E-state index contributed by atoms with van der Waals surface area (Å²) in [5.41, 5.74) is 0.301. The number of ether oxygens (including phenoxy) is 1. The zero-order valence-electron chi connectivity index (χ0n) is 16.4. The molecule has 2 amide bonds. The van der Waals surface area contributed by atoms with Gasteiger partial charge in [0, 0.05) is 23.2 Å². The predicted octanol–water partition coefficient (Wildman–Crippen LogP) is 4.45. The van der Waals surface area contributed by atoms with Crippen LogP contribution < -0.4 is 10.1 Å². The Labute approximate surface area is 179 Å². The zero-order chi connectivity index (χ0) is 21.6. The molecule has 0 fully saturated rings. The molecule has 0 aliphatic heterocycles. The van der Waals surface area contributed by atoms with Crippen molar-refractivity contribution in [2.45, 2.75) is 39.4 Å². The normalized spacial score (nSPS) is 11.8. The van der Waals surface area contributed by atoms with E-state index < -0.39 is 17.8 Å². The van der Waals surface area contributed by atoms with Crippen LogP contribution in [0.3, 0.4) is 0 Å². The highest BCUT2D eigenvalue weighted by Gasteiger charge is 2.27. The number of nitrogens with zero attached hydrogens (tertiary/aromatic N) is 1. The first-order valence-corrected chi connectivity index (χ1v) is 9.85. The quantitative estimate of drug-likeness (QED) is 0.659. The van der Waals surface area contributed by atoms with Crippen molar-refractivity contribution < 1.29 is 18.7 Å². The van der Waals surface area contributed by atoms with E-state index in [2.05, 4.69) is 5.32 Å². The molecular weight excluding hydrogens is 418 g/mol. The van der Waals surface area contributed by atoms with Gasteiger partial charge in [0.25, 0.3) is 5.91 Å². The molecule has 8 heteroatoms. The summed E-state index contributed by atoms with van der Waals surface area (Å²) < 4.78 is 19.6. The molecule has 0 heterocycles. The fourth-order valence-electron chi connectivity index (χ4n) is 2.61. The van der Waals surface area contributed by atoms with Crippen molar-refractivity contribution >= 4 is 35.0 Å². The number of benzene rings is 2. The molecule has 5 nitrogen and oxygen atoms in total. The van der Waals surface area contributed by atoms with E-state index in [1.165, 1.54) is 17.0 Å². The van der Waals surface area contributed by atoms with Gasteiger partial charge in [-0.25, -0.2) is 4.39 Å². The van der Waals surface area contributed by atoms with Crippen LogP contribution in [0.1, 0.15) is 26.3 Å². The highest BCUT2D eigenvalue weighted by atomic mass is 35.5. The number of amides is 2. The third kappa shape index (κ3) is 6.61. The Morgan fingerprint density at radius 1 is 1.14 bits per heavy atom. The van der Waals surface area contributed by atoms with Gasteiger partial charge >= 0.3 is 0 Å². The number of carbonyl (C=O) groups excluding carboxylic acids is 2. The van der Waals surface area contributed by atoms with Crippen LogP contribution >= 0.6 is 23.2 Å². The number of nitrogens with one attached hydrogen (secondary N) is 1. The van der Waals surface area contributed by atoms with Gasteiger partial charge in [0.05, 0.1) is 5.02 Å². The molecule has 0 saturated carbocycles. The summed E-state index contributed by atoms with van der Waals surface area (Å²) in [4.78, 5) is 26.6. The van der Waals surface area contributed by atoms with Crippen LogP contribution in [-0.2, 0) is 16.1 Å². The smallest absolute Gasteiger partial charge is 0.261 e. The fourth-order valence-corrected chi connectivity index (χ4v) is 3.08. The largest absolute Gasteiger partial charge is 0.482 e. The summed E-state index contributed by atoms with van der Waals surface area (Å²) in [6, 6.07) is 9.82. The fraction of sp³-hybridized carbons (Fsp3) is 0.333. The second kappa shape index (κ2) is 10.5. The van der Waals surface area contributed by atoms with Gasteiger partial charge in [-0.05, 0) is 45.0 Å². The molecule has 0 unspecified atom stereocenters. The van der Waals surface area contributed by atoms with Crippen molar-refractivity contribution in [3.05, 3.63) is 63.9 Å². The average Bonchev–Trinajstić information content (AvgIpc) is 2.65. The minimum Gasteiger partial charge on any atom is -0.482 e. The summed E-state index contributed by atoms with van der Waals surface area (Å²) in [5.74, 6) is -0.988. The first-order chi connectivity index (χ1) is 13.7. The Kier molecular flexibility index (Phi) is 8.29. The summed E-state index contributed by atoms with van der Waals surface area (Å²) in [6.07, 6.45) is 0. The van der Waals surface area contributed by atoms with Gasteiger partial charge in [-0.2, -0.15) is 0 Å². The van der Waals surface area contributed by atoms with Gasteiger partial charge in [0.2, 0.25) is 5.91 Å². The number of halogens is 3. The third-order valence-corrected chi connectivity index (χ3v) is 4.67. The van der Waals surface area contributed by atoms with Crippen molar-refractivity contribution in [3.8, 4) is 5.75 Å². The van der Waals surface area contributed by atoms with E-state index in [-0.39, 0.29) is 35.9 Å². The van der Waals surface area contributed by atoms with Crippen molar-refractivity contribution in [3.63, 3.8) is 0 Å². The summed E-state index contributed by atoms with van der Waals surface area (Å²) >= 11 is 11.9. The van der Waals surface area contributed by atoms with Crippen LogP contribution in [0.5, 0.6) is 5.75 Å². The lowest BCUT2D eigenvalue weighted by molar-refractivity contribution is -0.142. The topological polar surface area (TPSA) is 58.6 Å². The molecule has 2 aromatic carbocycles. The minimum atomic E-state index is -0.825. The Balaban J connectivity index is 2.19. The maximum absolute atomic E-state index is 14.1. The average molecular weight is 441 g/mol. The Morgan fingerprint density at radius 3 is 2.45 bits per heavy atom. The SMILES string of the molecule is CC(C)NC(=O)[C@@H](C)N(Cc1ccccc1F)C(=O)COc1ccc(Cl)cc1Cl. The summed E-state index contributed by atoms with van der Waals surface area (Å²) in [7, 11) is 0. The molecule has 0 saturated heterocycles. The van der Waals surface area contributed by atoms with Gasteiger partial charge in [-0.15, -0.1) is 0 Å². The van der Waals surface area contributed by atoms with Crippen LogP contribution in [0.15, 0.2) is 42.5 Å². The van der Waals surface area contributed by atoms with E-state index in [1.54, 1.807) is 37.3 Å². The molecule has 0 radical (unpaired) electrons. The van der Waals surface area contributed by atoms with E-state index in [1.807, 2.05) is 13.8 Å². The lowest BCUT2D eigenvalue weighted by Gasteiger charge is -2.29. The molecule has 156 valence electrons. The molecule has 1 N–H and O–H groups in total. The van der Waals surface area contributed by atoms with Crippen LogP contribution in [0.2, 0.25) is 10.0 Å². The van der Waals surface area contributed by atoms with Gasteiger partial charge < -0.3 is 15.0 Å². The lowest BCUT2D eigenvalue weighted by atomic mass is 10.1. The maximum atomic E-state index is 14.1. The molecular formula is C21H23Cl2FN2O3. The van der Waals surface area contributed by atoms with Gasteiger partial charge in [0.15, 0.2) is 6.61 Å². The summed E-state index contributed by atoms with van der Waals surface area (Å²) in [5, 5.41) is 3.46. The van der Waals surface area contributed by atoms with Crippen molar-refractivity contribution in [1.82, 2.24) is 10.2 Å². The Bertz CT molecular complexity index is 877. The first kappa shape index (κ1) is 23.0. The van der Waals surface area contributed by atoms with E-state index in [0.717, 1.165) is 0 Å². The zero-order valence-corrected chi connectivity index (χ0v) is 17.9. The predicted molar refractivity (Wildman–Crippen MR) is 112 cm³/mol. The van der Waals surface area contributed by atoms with Crippen molar-refractivity contribution in [1.29, 1.82) is 0 Å². The Hall–Kier alpha value is -2.31. The molecule has 0 bridgehead atoms. The van der Waals surface area contributed by atoms with Crippen LogP contribution in [0, 0.1) is 5.82 Å². The highest BCUT2D eigenvalue weighted by molar-refractivity contribution is 6.35. The standard InChI is InChI=1S/C21H23Cl2FN2O3/c1-13(2)25-21(28)14(3)26(11-15-6-4-5-7-18(15)24)20(27)12-29-19-9-8-16(22)10-17(19)23/h4-10,13-14H,11-12H2,1-3H3,(H,25,28)/t14-/m1/s1. The van der Waals surface area contributed by atoms with E-state index in [4.69, 9.17) is 27.9 Å². The molecule has 29 heavy (non-hydrogen) atoms. The monoisotopic (exact) mass is 440 g/mol. The van der Waals surface area contributed by atoms with Gasteiger partial charge in [-0.1, -0.05) is 41.4 Å². The molecule has 2 rings (SSSR count). The van der Waals surface area contributed by atoms with Crippen LogP contribution in [-0.4, -0.2) is 35.4 Å². The molecule has 0 aliphatic carbocycles. The van der Waals surface area contributed by atoms with Gasteiger partial charge in [-0.3, -0.25) is 9.59 Å². The van der Waals surface area contributed by atoms with Crippen molar-refractivity contribution in [2.75, 3.05) is 6.61 Å². The lowest BCUT2D eigenvalue weighted by Crippen LogP contribution is -2.50. The molecule has 0 aromatic heterocycles. The molecule has 0 spiro atoms. The molecule has 1 atom stereocenters. The molecule has 2 aromatic rings. The van der Waals surface area contributed by atoms with E-state index >= 15 is 0 Å². The third-order valence-electron chi connectivity index (χ3n) is 4.14.